The van der Waals surface area contributed by atoms with Gasteiger partial charge in [-0.15, -0.1) is 0 Å². The number of hydrogen-bond acceptors (Lipinski definition) is 2. The van der Waals surface area contributed by atoms with Crippen molar-refractivity contribution in [2.45, 2.75) is 0 Å². The molecule has 1 heterocycles. The van der Waals surface area contributed by atoms with Gasteiger partial charge in [0.1, 0.15) is 5.82 Å². The van der Waals surface area contributed by atoms with Crippen molar-refractivity contribution in [2.75, 3.05) is 5.73 Å². The van der Waals surface area contributed by atoms with Gasteiger partial charge in [-0.05, 0) is 39.5 Å². The molecule has 0 spiro atoms. The Morgan fingerprint density at radius 2 is 2.00 bits per heavy atom. The molecule has 1 aromatic heterocycles. The first-order chi connectivity index (χ1) is 6.68. The fourth-order valence-electron chi connectivity index (χ4n) is 1.22. The molecular formula is C10H7BrFNS. The first-order valence-corrected chi connectivity index (χ1v) is 5.69. The molecule has 72 valence electrons. The van der Waals surface area contributed by atoms with E-state index in [1.807, 2.05) is 10.8 Å². The second-order valence-electron chi connectivity index (χ2n) is 2.87. The molecule has 0 saturated heterocycles. The van der Waals surface area contributed by atoms with E-state index in [2.05, 4.69) is 15.9 Å². The Labute approximate surface area is 93.5 Å². The fourth-order valence-corrected chi connectivity index (χ4v) is 2.73. The van der Waals surface area contributed by atoms with E-state index < -0.39 is 0 Å². The minimum absolute atomic E-state index is 0.252. The minimum Gasteiger partial charge on any atom is -0.399 e. The Hall–Kier alpha value is -0.870. The average molecular weight is 272 g/mol. The summed E-state index contributed by atoms with van der Waals surface area (Å²) in [6, 6.07) is 4.58. The van der Waals surface area contributed by atoms with Crippen molar-refractivity contribution >= 4 is 33.0 Å². The Balaban J connectivity index is 2.62. The van der Waals surface area contributed by atoms with E-state index in [4.69, 9.17) is 5.73 Å². The second kappa shape index (κ2) is 3.71. The summed E-state index contributed by atoms with van der Waals surface area (Å²) >= 11 is 4.89. The van der Waals surface area contributed by atoms with Gasteiger partial charge in [-0.1, -0.05) is 0 Å². The quantitative estimate of drug-likeness (QED) is 0.783. The predicted molar refractivity (Wildman–Crippen MR) is 61.8 cm³/mol. The highest BCUT2D eigenvalue weighted by Gasteiger charge is 2.09. The number of anilines is 1. The topological polar surface area (TPSA) is 26.0 Å². The second-order valence-corrected chi connectivity index (χ2v) is 4.47. The Kier molecular flexibility index (Phi) is 2.56. The van der Waals surface area contributed by atoms with Gasteiger partial charge in [-0.3, -0.25) is 0 Å². The molecule has 14 heavy (non-hydrogen) atoms. The summed E-state index contributed by atoms with van der Waals surface area (Å²) in [4.78, 5) is 0. The zero-order valence-corrected chi connectivity index (χ0v) is 9.53. The monoisotopic (exact) mass is 271 g/mol. The number of nitrogen functional groups attached to an aromatic ring is 1. The number of rotatable bonds is 1. The minimum atomic E-state index is -0.252. The Bertz CT molecular complexity index is 467. The number of hydrogen-bond donors (Lipinski definition) is 1. The van der Waals surface area contributed by atoms with Gasteiger partial charge in [0, 0.05) is 26.7 Å². The van der Waals surface area contributed by atoms with Gasteiger partial charge in [0.25, 0.3) is 0 Å². The van der Waals surface area contributed by atoms with Gasteiger partial charge < -0.3 is 5.73 Å². The molecule has 2 aromatic rings. The van der Waals surface area contributed by atoms with E-state index in [9.17, 15) is 4.39 Å². The van der Waals surface area contributed by atoms with Crippen molar-refractivity contribution in [1.82, 2.24) is 0 Å². The molecule has 0 saturated carbocycles. The maximum absolute atomic E-state index is 13.4. The summed E-state index contributed by atoms with van der Waals surface area (Å²) in [5, 5.41) is 3.81. The van der Waals surface area contributed by atoms with Crippen molar-refractivity contribution in [3.05, 3.63) is 39.2 Å². The molecule has 0 aliphatic rings. The van der Waals surface area contributed by atoms with E-state index >= 15 is 0 Å². The Morgan fingerprint density at radius 3 is 2.64 bits per heavy atom. The average Bonchev–Trinajstić information content (AvgIpc) is 2.56. The summed E-state index contributed by atoms with van der Waals surface area (Å²) in [6.07, 6.45) is 0. The highest BCUT2D eigenvalue weighted by atomic mass is 79.9. The zero-order valence-electron chi connectivity index (χ0n) is 7.13. The third-order valence-corrected chi connectivity index (χ3v) is 3.60. The van der Waals surface area contributed by atoms with Crippen LogP contribution >= 0.6 is 27.3 Å². The largest absolute Gasteiger partial charge is 0.399 e. The molecule has 0 atom stereocenters. The van der Waals surface area contributed by atoms with Gasteiger partial charge in [-0.25, -0.2) is 4.39 Å². The van der Waals surface area contributed by atoms with Crippen LogP contribution in [-0.4, -0.2) is 0 Å². The first-order valence-electron chi connectivity index (χ1n) is 3.95. The number of halogens is 2. The lowest BCUT2D eigenvalue weighted by atomic mass is 10.1. The van der Waals surface area contributed by atoms with Gasteiger partial charge in [0.05, 0.1) is 0 Å². The molecule has 0 bridgehead atoms. The van der Waals surface area contributed by atoms with Gasteiger partial charge in [0.2, 0.25) is 0 Å². The molecule has 0 aliphatic carbocycles. The summed E-state index contributed by atoms with van der Waals surface area (Å²) in [6.45, 7) is 0. The van der Waals surface area contributed by atoms with E-state index in [0.29, 0.717) is 11.3 Å². The van der Waals surface area contributed by atoms with E-state index in [1.54, 1.807) is 12.1 Å². The molecule has 1 aromatic carbocycles. The third-order valence-electron chi connectivity index (χ3n) is 1.90. The van der Waals surface area contributed by atoms with E-state index in [-0.39, 0.29) is 5.82 Å². The van der Waals surface area contributed by atoms with Gasteiger partial charge in [0.15, 0.2) is 0 Å². The number of thiophene rings is 1. The third kappa shape index (κ3) is 1.67. The number of benzene rings is 1. The van der Waals surface area contributed by atoms with Crippen molar-refractivity contribution in [2.24, 2.45) is 0 Å². The SMILES string of the molecule is Nc1ccc(F)c(-c2cscc2Br)c1. The molecule has 0 radical (unpaired) electrons. The molecule has 2 N–H and O–H groups in total. The zero-order chi connectivity index (χ0) is 10.1. The lowest BCUT2D eigenvalue weighted by molar-refractivity contribution is 0.631. The molecule has 2 rings (SSSR count). The van der Waals surface area contributed by atoms with E-state index in [0.717, 1.165) is 10.0 Å². The van der Waals surface area contributed by atoms with Crippen molar-refractivity contribution in [3.8, 4) is 11.1 Å². The normalized spacial score (nSPS) is 10.4. The van der Waals surface area contributed by atoms with Crippen molar-refractivity contribution in [1.29, 1.82) is 0 Å². The van der Waals surface area contributed by atoms with Gasteiger partial charge in [-0.2, -0.15) is 11.3 Å². The molecule has 0 amide bonds. The van der Waals surface area contributed by atoms with E-state index in [1.165, 1.54) is 17.4 Å². The van der Waals surface area contributed by atoms with Crippen LogP contribution < -0.4 is 5.73 Å². The molecular weight excluding hydrogens is 265 g/mol. The van der Waals surface area contributed by atoms with Crippen LogP contribution in [0, 0.1) is 5.82 Å². The first kappa shape index (κ1) is 9.68. The molecule has 0 aliphatic heterocycles. The van der Waals surface area contributed by atoms with Crippen LogP contribution in [0.2, 0.25) is 0 Å². The van der Waals surface area contributed by atoms with Crippen LogP contribution in [0.5, 0.6) is 0 Å². The lowest BCUT2D eigenvalue weighted by Gasteiger charge is -2.02. The highest BCUT2D eigenvalue weighted by molar-refractivity contribution is 9.10. The van der Waals surface area contributed by atoms with Crippen molar-refractivity contribution < 1.29 is 4.39 Å². The maximum Gasteiger partial charge on any atom is 0.131 e. The predicted octanol–water partition coefficient (Wildman–Crippen LogP) is 3.90. The van der Waals surface area contributed by atoms with Crippen LogP contribution in [0.1, 0.15) is 0 Å². The van der Waals surface area contributed by atoms with Crippen LogP contribution in [0.3, 0.4) is 0 Å². The summed E-state index contributed by atoms with van der Waals surface area (Å²) < 4.78 is 14.3. The van der Waals surface area contributed by atoms with Crippen LogP contribution in [0.25, 0.3) is 11.1 Å². The number of nitrogens with two attached hydrogens (primary N) is 1. The van der Waals surface area contributed by atoms with Gasteiger partial charge >= 0.3 is 0 Å². The fraction of sp³-hybridized carbons (Fsp3) is 0. The standard InChI is InChI=1S/C10H7BrFNS/c11-9-5-14-4-8(9)7-3-6(13)1-2-10(7)12/h1-5H,13H2. The van der Waals surface area contributed by atoms with Crippen LogP contribution in [-0.2, 0) is 0 Å². The molecule has 1 nitrogen and oxygen atoms in total. The molecule has 0 fully saturated rings. The smallest absolute Gasteiger partial charge is 0.131 e. The van der Waals surface area contributed by atoms with Crippen LogP contribution in [0.4, 0.5) is 10.1 Å². The molecule has 4 heteroatoms. The van der Waals surface area contributed by atoms with Crippen LogP contribution in [0.15, 0.2) is 33.4 Å². The van der Waals surface area contributed by atoms with Crippen molar-refractivity contribution in [3.63, 3.8) is 0 Å². The molecule has 0 unspecified atom stereocenters. The summed E-state index contributed by atoms with van der Waals surface area (Å²) in [5.41, 5.74) is 7.56. The summed E-state index contributed by atoms with van der Waals surface area (Å²) in [5.74, 6) is -0.252. The highest BCUT2D eigenvalue weighted by Crippen LogP contribution is 2.34. The maximum atomic E-state index is 13.4. The Morgan fingerprint density at radius 1 is 1.21 bits per heavy atom. The lowest BCUT2D eigenvalue weighted by Crippen LogP contribution is -1.88. The summed E-state index contributed by atoms with van der Waals surface area (Å²) in [7, 11) is 0.